The van der Waals surface area contributed by atoms with Crippen molar-refractivity contribution in [2.24, 2.45) is 0 Å². The van der Waals surface area contributed by atoms with Crippen molar-refractivity contribution in [2.45, 2.75) is 36.7 Å². The molecule has 1 aromatic heterocycles. The molecule has 28 heavy (non-hydrogen) atoms. The van der Waals surface area contributed by atoms with Crippen molar-refractivity contribution < 1.29 is 17.9 Å². The van der Waals surface area contributed by atoms with E-state index in [0.29, 0.717) is 23.4 Å². The SMILES string of the molecule is CC[C@H]1Cc2[nH]ncc2[C@H](COC(=O)N(C)C)N1S(=O)(=O)c1ccc(Cl)cc1. The minimum absolute atomic E-state index is 0.104. The van der Waals surface area contributed by atoms with E-state index in [0.717, 1.165) is 5.69 Å². The first kappa shape index (κ1) is 20.6. The van der Waals surface area contributed by atoms with Crippen LogP contribution in [0.2, 0.25) is 5.02 Å². The van der Waals surface area contributed by atoms with Crippen LogP contribution in [-0.4, -0.2) is 60.7 Å². The average Bonchev–Trinajstić information content (AvgIpc) is 3.13. The maximum Gasteiger partial charge on any atom is 0.409 e. The van der Waals surface area contributed by atoms with E-state index in [1.165, 1.54) is 21.3 Å². The lowest BCUT2D eigenvalue weighted by Gasteiger charge is -2.40. The maximum atomic E-state index is 13.5. The van der Waals surface area contributed by atoms with Crippen molar-refractivity contribution in [2.75, 3.05) is 20.7 Å². The first-order chi connectivity index (χ1) is 13.3. The summed E-state index contributed by atoms with van der Waals surface area (Å²) in [7, 11) is -0.704. The van der Waals surface area contributed by atoms with Gasteiger partial charge in [-0.2, -0.15) is 9.40 Å². The zero-order chi connectivity index (χ0) is 20.5. The van der Waals surface area contributed by atoms with Crippen molar-refractivity contribution in [1.29, 1.82) is 0 Å². The molecule has 8 nitrogen and oxygen atoms in total. The predicted octanol–water partition coefficient (Wildman–Crippen LogP) is 2.83. The summed E-state index contributed by atoms with van der Waals surface area (Å²) in [5, 5.41) is 7.47. The van der Waals surface area contributed by atoms with Gasteiger partial charge in [0.1, 0.15) is 6.61 Å². The van der Waals surface area contributed by atoms with E-state index in [4.69, 9.17) is 16.3 Å². The molecule has 10 heteroatoms. The van der Waals surface area contributed by atoms with Gasteiger partial charge in [0, 0.05) is 42.8 Å². The summed E-state index contributed by atoms with van der Waals surface area (Å²) in [6, 6.07) is 5.10. The van der Waals surface area contributed by atoms with Crippen LogP contribution < -0.4 is 0 Å². The Labute approximate surface area is 169 Å². The number of rotatable bonds is 5. The molecule has 1 N–H and O–H groups in total. The normalized spacial score (nSPS) is 19.9. The molecule has 1 aliphatic heterocycles. The number of carbonyl (C=O) groups is 1. The largest absolute Gasteiger partial charge is 0.447 e. The van der Waals surface area contributed by atoms with Crippen LogP contribution in [0.3, 0.4) is 0 Å². The zero-order valence-electron chi connectivity index (χ0n) is 15.9. The third-order valence-electron chi connectivity index (χ3n) is 4.81. The molecular formula is C18H23ClN4O4S. The van der Waals surface area contributed by atoms with Gasteiger partial charge in [0.05, 0.1) is 17.1 Å². The molecule has 2 heterocycles. The standard InChI is InChI=1S/C18H23ClN4O4S/c1-4-13-9-16-15(10-20-21-16)17(11-27-18(24)22(2)3)23(13)28(25,26)14-7-5-12(19)6-8-14/h5-8,10,13,17H,4,9,11H2,1-3H3,(H,20,21)/t13-,17-/m0/s1. The number of fused-ring (bicyclic) bond motifs is 1. The number of nitrogens with zero attached hydrogens (tertiary/aromatic N) is 3. The fourth-order valence-corrected chi connectivity index (χ4v) is 5.32. The molecule has 1 aliphatic rings. The summed E-state index contributed by atoms with van der Waals surface area (Å²) < 4.78 is 33.8. The highest BCUT2D eigenvalue weighted by Gasteiger charge is 2.43. The van der Waals surface area contributed by atoms with Crippen molar-refractivity contribution in [1.82, 2.24) is 19.4 Å². The Morgan fingerprint density at radius 3 is 2.64 bits per heavy atom. The number of carbonyl (C=O) groups excluding carboxylic acids is 1. The van der Waals surface area contributed by atoms with Crippen LogP contribution in [0.15, 0.2) is 35.4 Å². The fourth-order valence-electron chi connectivity index (χ4n) is 3.35. The topological polar surface area (TPSA) is 95.6 Å². The number of ether oxygens (including phenoxy) is 1. The molecule has 0 radical (unpaired) electrons. The summed E-state index contributed by atoms with van der Waals surface area (Å²) in [5.74, 6) is 0. The Bertz CT molecular complexity index is 943. The molecule has 0 fully saturated rings. The lowest BCUT2D eigenvalue weighted by atomic mass is 9.95. The van der Waals surface area contributed by atoms with E-state index < -0.39 is 22.2 Å². The van der Waals surface area contributed by atoms with Gasteiger partial charge in [-0.3, -0.25) is 5.10 Å². The highest BCUT2D eigenvalue weighted by Crippen LogP contribution is 2.38. The highest BCUT2D eigenvalue weighted by atomic mass is 35.5. The highest BCUT2D eigenvalue weighted by molar-refractivity contribution is 7.89. The van der Waals surface area contributed by atoms with Crippen LogP contribution in [-0.2, 0) is 21.2 Å². The second kappa shape index (κ2) is 8.10. The number of nitrogens with one attached hydrogen (secondary N) is 1. The van der Waals surface area contributed by atoms with E-state index in [1.807, 2.05) is 6.92 Å². The number of hydrogen-bond donors (Lipinski definition) is 1. The molecule has 0 saturated heterocycles. The minimum atomic E-state index is -3.85. The molecule has 0 saturated carbocycles. The second-order valence-electron chi connectivity index (χ2n) is 6.85. The van der Waals surface area contributed by atoms with Gasteiger partial charge in [-0.1, -0.05) is 18.5 Å². The number of H-pyrrole nitrogens is 1. The van der Waals surface area contributed by atoms with Crippen molar-refractivity contribution in [3.05, 3.63) is 46.7 Å². The number of halogens is 1. The van der Waals surface area contributed by atoms with Gasteiger partial charge in [0.2, 0.25) is 10.0 Å². The lowest BCUT2D eigenvalue weighted by Crippen LogP contribution is -2.48. The number of benzene rings is 1. The summed E-state index contributed by atoms with van der Waals surface area (Å²) in [4.78, 5) is 13.4. The number of hydrogen-bond acceptors (Lipinski definition) is 5. The lowest BCUT2D eigenvalue weighted by molar-refractivity contribution is 0.0817. The summed E-state index contributed by atoms with van der Waals surface area (Å²) in [6.07, 6.45) is 2.17. The van der Waals surface area contributed by atoms with Gasteiger partial charge in [-0.05, 0) is 30.7 Å². The first-order valence-corrected chi connectivity index (χ1v) is 10.7. The van der Waals surface area contributed by atoms with E-state index in [1.54, 1.807) is 32.4 Å². The number of aromatic amines is 1. The van der Waals surface area contributed by atoms with Crippen LogP contribution in [0.4, 0.5) is 4.79 Å². The first-order valence-electron chi connectivity index (χ1n) is 8.91. The molecule has 0 unspecified atom stereocenters. The van der Waals surface area contributed by atoms with E-state index in [2.05, 4.69) is 10.2 Å². The van der Waals surface area contributed by atoms with Gasteiger partial charge in [-0.15, -0.1) is 0 Å². The fraction of sp³-hybridized carbons (Fsp3) is 0.444. The minimum Gasteiger partial charge on any atom is -0.447 e. The van der Waals surface area contributed by atoms with Crippen LogP contribution in [0, 0.1) is 0 Å². The Morgan fingerprint density at radius 2 is 2.04 bits per heavy atom. The monoisotopic (exact) mass is 426 g/mol. The predicted molar refractivity (Wildman–Crippen MR) is 105 cm³/mol. The van der Waals surface area contributed by atoms with Crippen LogP contribution in [0.5, 0.6) is 0 Å². The van der Waals surface area contributed by atoms with Crippen molar-refractivity contribution in [3.8, 4) is 0 Å². The van der Waals surface area contributed by atoms with Crippen LogP contribution >= 0.6 is 11.6 Å². The van der Waals surface area contributed by atoms with E-state index in [9.17, 15) is 13.2 Å². The number of sulfonamides is 1. The smallest absolute Gasteiger partial charge is 0.409 e. The maximum absolute atomic E-state index is 13.5. The Hall–Kier alpha value is -2.10. The molecule has 0 bridgehead atoms. The average molecular weight is 427 g/mol. The molecule has 2 aromatic rings. The molecule has 2 atom stereocenters. The third kappa shape index (κ3) is 3.87. The third-order valence-corrected chi connectivity index (χ3v) is 7.04. The summed E-state index contributed by atoms with van der Waals surface area (Å²) >= 11 is 5.92. The molecule has 152 valence electrons. The van der Waals surface area contributed by atoms with Crippen molar-refractivity contribution in [3.63, 3.8) is 0 Å². The van der Waals surface area contributed by atoms with Gasteiger partial charge in [0.25, 0.3) is 0 Å². The molecule has 1 aromatic carbocycles. The zero-order valence-corrected chi connectivity index (χ0v) is 17.5. The Kier molecular flexibility index (Phi) is 5.97. The van der Waals surface area contributed by atoms with E-state index in [-0.39, 0.29) is 17.5 Å². The van der Waals surface area contributed by atoms with Crippen LogP contribution in [0.25, 0.3) is 0 Å². The molecule has 3 rings (SSSR count). The van der Waals surface area contributed by atoms with Gasteiger partial charge >= 0.3 is 6.09 Å². The van der Waals surface area contributed by atoms with E-state index >= 15 is 0 Å². The molecular weight excluding hydrogens is 404 g/mol. The molecule has 1 amide bonds. The number of amides is 1. The Balaban J connectivity index is 2.03. The van der Waals surface area contributed by atoms with Crippen molar-refractivity contribution >= 4 is 27.7 Å². The van der Waals surface area contributed by atoms with Gasteiger partial charge in [0.15, 0.2) is 0 Å². The summed E-state index contributed by atoms with van der Waals surface area (Å²) in [5.41, 5.74) is 1.58. The van der Waals surface area contributed by atoms with Gasteiger partial charge < -0.3 is 9.64 Å². The molecule has 0 spiro atoms. The number of aromatic nitrogens is 2. The van der Waals surface area contributed by atoms with Crippen LogP contribution in [0.1, 0.15) is 30.6 Å². The Morgan fingerprint density at radius 1 is 1.36 bits per heavy atom. The quantitative estimate of drug-likeness (QED) is 0.793. The summed E-state index contributed by atoms with van der Waals surface area (Å²) in [6.45, 7) is 1.83. The second-order valence-corrected chi connectivity index (χ2v) is 9.13. The molecule has 0 aliphatic carbocycles. The van der Waals surface area contributed by atoms with Gasteiger partial charge in [-0.25, -0.2) is 13.2 Å².